The maximum atomic E-state index is 13.0. The van der Waals surface area contributed by atoms with Gasteiger partial charge in [-0.25, -0.2) is 9.59 Å². The number of carboxylic acids is 1. The Balaban J connectivity index is 1.43. The van der Waals surface area contributed by atoms with Crippen molar-refractivity contribution in [1.82, 2.24) is 5.32 Å². The number of nitrogens with one attached hydrogen (secondary N) is 2. The molecule has 3 aromatic carbocycles. The third kappa shape index (κ3) is 5.19. The van der Waals surface area contributed by atoms with Gasteiger partial charge in [0.2, 0.25) is 5.91 Å². The van der Waals surface area contributed by atoms with E-state index in [-0.39, 0.29) is 18.1 Å². The van der Waals surface area contributed by atoms with Crippen LogP contribution in [-0.2, 0) is 9.53 Å². The van der Waals surface area contributed by atoms with Crippen LogP contribution in [0.1, 0.15) is 48.2 Å². The average molecular weight is 473 g/mol. The van der Waals surface area contributed by atoms with Gasteiger partial charge < -0.3 is 20.5 Å². The lowest BCUT2D eigenvalue weighted by atomic mass is 9.86. The number of hydrogen-bond donors (Lipinski definition) is 3. The van der Waals surface area contributed by atoms with Crippen LogP contribution in [0.5, 0.6) is 0 Å². The molecular weight excluding hydrogens is 444 g/mol. The zero-order chi connectivity index (χ0) is 25.2. The van der Waals surface area contributed by atoms with Gasteiger partial charge in [0, 0.05) is 11.6 Å². The van der Waals surface area contributed by atoms with E-state index in [1.807, 2.05) is 57.2 Å². The van der Waals surface area contributed by atoms with Gasteiger partial charge in [0.1, 0.15) is 12.6 Å². The third-order valence-corrected chi connectivity index (χ3v) is 6.13. The molecule has 4 rings (SSSR count). The number of carbonyl (C=O) groups excluding carboxylic acids is 2. The number of fused-ring (bicyclic) bond motifs is 3. The lowest BCUT2D eigenvalue weighted by Crippen LogP contribution is -2.51. The molecule has 0 aromatic heterocycles. The second-order valence-electron chi connectivity index (χ2n) is 9.64. The molecule has 0 aliphatic heterocycles. The minimum atomic E-state index is -1.05. The molecule has 180 valence electrons. The summed E-state index contributed by atoms with van der Waals surface area (Å²) in [6.07, 6.45) is -0.678. The molecular formula is C28H28N2O5. The molecule has 0 saturated carbocycles. The Kier molecular flexibility index (Phi) is 6.60. The molecule has 3 N–H and O–H groups in total. The number of ether oxygens (including phenoxy) is 1. The van der Waals surface area contributed by atoms with Crippen molar-refractivity contribution >= 4 is 23.7 Å². The first kappa shape index (κ1) is 24.0. The molecule has 1 atom stereocenters. The Morgan fingerprint density at radius 1 is 0.886 bits per heavy atom. The quantitative estimate of drug-likeness (QED) is 0.453. The van der Waals surface area contributed by atoms with Gasteiger partial charge in [0.15, 0.2) is 0 Å². The van der Waals surface area contributed by atoms with Crippen LogP contribution in [0.25, 0.3) is 11.1 Å². The first-order chi connectivity index (χ1) is 16.6. The first-order valence-electron chi connectivity index (χ1n) is 11.4. The molecule has 0 unspecified atom stereocenters. The Bertz CT molecular complexity index is 1220. The fourth-order valence-corrected chi connectivity index (χ4v) is 4.34. The van der Waals surface area contributed by atoms with Crippen molar-refractivity contribution in [2.45, 2.75) is 32.7 Å². The highest BCUT2D eigenvalue weighted by Gasteiger charge is 2.34. The number of anilines is 1. The van der Waals surface area contributed by atoms with Crippen molar-refractivity contribution in [2.24, 2.45) is 5.41 Å². The van der Waals surface area contributed by atoms with Crippen LogP contribution in [0.2, 0.25) is 0 Å². The van der Waals surface area contributed by atoms with Crippen LogP contribution in [0.4, 0.5) is 10.5 Å². The van der Waals surface area contributed by atoms with Crippen molar-refractivity contribution in [2.75, 3.05) is 11.9 Å². The lowest BCUT2D eigenvalue weighted by molar-refractivity contribution is -0.120. The first-order valence-corrected chi connectivity index (χ1v) is 11.4. The van der Waals surface area contributed by atoms with E-state index in [4.69, 9.17) is 9.84 Å². The van der Waals surface area contributed by atoms with E-state index in [0.29, 0.717) is 5.69 Å². The summed E-state index contributed by atoms with van der Waals surface area (Å²) in [6.45, 7) is 5.67. The van der Waals surface area contributed by atoms with E-state index in [2.05, 4.69) is 22.8 Å². The zero-order valence-corrected chi connectivity index (χ0v) is 19.9. The van der Waals surface area contributed by atoms with Crippen molar-refractivity contribution in [1.29, 1.82) is 0 Å². The maximum Gasteiger partial charge on any atom is 0.407 e. The molecule has 3 aromatic rings. The number of benzene rings is 3. The summed E-state index contributed by atoms with van der Waals surface area (Å²) in [6, 6.07) is 21.1. The van der Waals surface area contributed by atoms with Gasteiger partial charge in [-0.3, -0.25) is 4.79 Å². The lowest BCUT2D eigenvalue weighted by Gasteiger charge is -2.30. The minimum Gasteiger partial charge on any atom is -0.478 e. The highest BCUT2D eigenvalue weighted by Crippen LogP contribution is 2.44. The number of alkyl carbamates (subject to hydrolysis) is 1. The van der Waals surface area contributed by atoms with Gasteiger partial charge in [-0.15, -0.1) is 0 Å². The highest BCUT2D eigenvalue weighted by molar-refractivity contribution is 5.97. The van der Waals surface area contributed by atoms with Crippen LogP contribution >= 0.6 is 0 Å². The molecule has 2 amide bonds. The average Bonchev–Trinajstić information content (AvgIpc) is 3.14. The topological polar surface area (TPSA) is 105 Å². The molecule has 1 aliphatic rings. The Hall–Kier alpha value is -4.13. The number of hydrogen-bond acceptors (Lipinski definition) is 4. The zero-order valence-electron chi connectivity index (χ0n) is 19.9. The maximum absolute atomic E-state index is 13.0. The van der Waals surface area contributed by atoms with Crippen molar-refractivity contribution in [3.63, 3.8) is 0 Å². The number of rotatable bonds is 6. The number of aromatic carboxylic acids is 1. The van der Waals surface area contributed by atoms with E-state index < -0.39 is 29.4 Å². The van der Waals surface area contributed by atoms with Crippen molar-refractivity contribution in [3.8, 4) is 11.1 Å². The number of carbonyl (C=O) groups is 3. The molecule has 7 heteroatoms. The van der Waals surface area contributed by atoms with Crippen LogP contribution in [0, 0.1) is 5.41 Å². The molecule has 35 heavy (non-hydrogen) atoms. The summed E-state index contributed by atoms with van der Waals surface area (Å²) in [5.74, 6) is -1.55. The third-order valence-electron chi connectivity index (χ3n) is 6.13. The smallest absolute Gasteiger partial charge is 0.407 e. The summed E-state index contributed by atoms with van der Waals surface area (Å²) >= 11 is 0. The van der Waals surface area contributed by atoms with Gasteiger partial charge in [0.25, 0.3) is 0 Å². The largest absolute Gasteiger partial charge is 0.478 e. The van der Waals surface area contributed by atoms with Gasteiger partial charge in [-0.05, 0) is 51.9 Å². The van der Waals surface area contributed by atoms with Gasteiger partial charge in [-0.2, -0.15) is 0 Å². The van der Waals surface area contributed by atoms with Crippen LogP contribution in [-0.4, -0.2) is 35.7 Å². The SMILES string of the molecule is CC(C)(C)[C@H](NC(=O)OCC1c2ccccc2-c2ccccc21)C(=O)Nc1ccc(C(=O)O)cc1. The van der Waals surface area contributed by atoms with Crippen molar-refractivity contribution < 1.29 is 24.2 Å². The predicted molar refractivity (Wildman–Crippen MR) is 133 cm³/mol. The van der Waals surface area contributed by atoms with Gasteiger partial charge in [-0.1, -0.05) is 69.3 Å². The molecule has 0 saturated heterocycles. The van der Waals surface area contributed by atoms with Crippen LogP contribution in [0.3, 0.4) is 0 Å². The van der Waals surface area contributed by atoms with Crippen LogP contribution < -0.4 is 10.6 Å². The van der Waals surface area contributed by atoms with Crippen molar-refractivity contribution in [3.05, 3.63) is 89.5 Å². The molecule has 0 bridgehead atoms. The second kappa shape index (κ2) is 9.62. The Morgan fingerprint density at radius 2 is 1.43 bits per heavy atom. The molecule has 0 radical (unpaired) electrons. The fraction of sp³-hybridized carbons (Fsp3) is 0.250. The second-order valence-corrected chi connectivity index (χ2v) is 9.64. The summed E-state index contributed by atoms with van der Waals surface area (Å²) in [5.41, 5.74) is 4.44. The van der Waals surface area contributed by atoms with E-state index in [1.54, 1.807) is 0 Å². The minimum absolute atomic E-state index is 0.0807. The molecule has 0 spiro atoms. The Morgan fingerprint density at radius 3 is 1.94 bits per heavy atom. The van der Waals surface area contributed by atoms with Gasteiger partial charge in [0.05, 0.1) is 5.56 Å². The molecule has 1 aliphatic carbocycles. The summed E-state index contributed by atoms with van der Waals surface area (Å²) in [4.78, 5) is 36.8. The highest BCUT2D eigenvalue weighted by atomic mass is 16.5. The van der Waals surface area contributed by atoms with E-state index in [0.717, 1.165) is 22.3 Å². The summed E-state index contributed by atoms with van der Waals surface area (Å²) in [7, 11) is 0. The predicted octanol–water partition coefficient (Wildman–Crippen LogP) is 5.28. The monoisotopic (exact) mass is 472 g/mol. The molecule has 0 heterocycles. The normalized spacial score (nSPS) is 13.3. The molecule has 7 nitrogen and oxygen atoms in total. The van der Waals surface area contributed by atoms with E-state index >= 15 is 0 Å². The Labute approximate surface area is 204 Å². The fourth-order valence-electron chi connectivity index (χ4n) is 4.34. The van der Waals surface area contributed by atoms with E-state index in [9.17, 15) is 14.4 Å². The van der Waals surface area contributed by atoms with E-state index in [1.165, 1.54) is 24.3 Å². The number of amides is 2. The number of carboxylic acid groups (broad SMARTS) is 1. The van der Waals surface area contributed by atoms with Crippen LogP contribution in [0.15, 0.2) is 72.8 Å². The summed E-state index contributed by atoms with van der Waals surface area (Å²) in [5, 5.41) is 14.5. The molecule has 0 fully saturated rings. The summed E-state index contributed by atoms with van der Waals surface area (Å²) < 4.78 is 5.61. The van der Waals surface area contributed by atoms with Gasteiger partial charge >= 0.3 is 12.1 Å². The standard InChI is InChI=1S/C28H28N2O5/c1-28(2,3)24(25(31)29-18-14-12-17(13-15-18)26(32)33)30-27(34)35-16-23-21-10-6-4-8-19(21)20-9-5-7-11-22(20)23/h4-15,23-24H,16H2,1-3H3,(H,29,31)(H,30,34)(H,32,33)/t24-/m1/s1.